The van der Waals surface area contributed by atoms with Crippen LogP contribution in [0, 0.1) is 12.3 Å². The van der Waals surface area contributed by atoms with Crippen molar-refractivity contribution in [2.75, 3.05) is 25.0 Å². The maximum Gasteiger partial charge on any atom is 0.244 e. The van der Waals surface area contributed by atoms with Crippen molar-refractivity contribution < 1.29 is 4.79 Å². The highest BCUT2D eigenvalue weighted by atomic mass is 16.2. The number of rotatable bonds is 3. The standard InChI is InChI=1S/C12H16N4O/c1-4-6-14(2)11-5-7-16(12(11)17)10-8-13-15(3)9-10/h1,8-9,11H,5-7H2,2-3H3/t11-/m1/s1. The second kappa shape index (κ2) is 4.60. The molecule has 2 heterocycles. The molecule has 2 rings (SSSR count). The van der Waals surface area contributed by atoms with E-state index in [1.807, 2.05) is 25.2 Å². The average Bonchev–Trinajstić information content (AvgIpc) is 2.85. The van der Waals surface area contributed by atoms with E-state index in [9.17, 15) is 4.79 Å². The molecule has 17 heavy (non-hydrogen) atoms. The average molecular weight is 232 g/mol. The van der Waals surface area contributed by atoms with Gasteiger partial charge in [0.2, 0.25) is 5.91 Å². The summed E-state index contributed by atoms with van der Waals surface area (Å²) in [6, 6.07) is -0.105. The second-order valence-corrected chi connectivity index (χ2v) is 4.29. The first-order chi connectivity index (χ1) is 8.13. The van der Waals surface area contributed by atoms with Crippen LogP contribution in [0.4, 0.5) is 5.69 Å². The zero-order chi connectivity index (χ0) is 12.4. The van der Waals surface area contributed by atoms with E-state index in [1.54, 1.807) is 15.8 Å². The molecule has 90 valence electrons. The van der Waals surface area contributed by atoms with E-state index in [0.29, 0.717) is 6.54 Å². The predicted molar refractivity (Wildman–Crippen MR) is 65.4 cm³/mol. The summed E-state index contributed by atoms with van der Waals surface area (Å²) in [6.07, 6.45) is 9.63. The molecule has 1 aromatic rings. The normalized spacial score (nSPS) is 20.0. The van der Waals surface area contributed by atoms with E-state index in [2.05, 4.69) is 11.0 Å². The van der Waals surface area contributed by atoms with Crippen LogP contribution in [0.25, 0.3) is 0 Å². The summed E-state index contributed by atoms with van der Waals surface area (Å²) in [5.74, 6) is 2.67. The number of terminal acetylenes is 1. The van der Waals surface area contributed by atoms with Crippen molar-refractivity contribution in [3.05, 3.63) is 12.4 Å². The molecular weight excluding hydrogens is 216 g/mol. The van der Waals surface area contributed by atoms with Crippen molar-refractivity contribution >= 4 is 11.6 Å². The van der Waals surface area contributed by atoms with E-state index >= 15 is 0 Å². The first-order valence-electron chi connectivity index (χ1n) is 5.57. The van der Waals surface area contributed by atoms with Crippen LogP contribution in [0.3, 0.4) is 0 Å². The summed E-state index contributed by atoms with van der Waals surface area (Å²) in [5, 5.41) is 4.08. The number of hydrogen-bond donors (Lipinski definition) is 0. The third-order valence-electron chi connectivity index (χ3n) is 3.05. The quantitative estimate of drug-likeness (QED) is 0.694. The van der Waals surface area contributed by atoms with Crippen molar-refractivity contribution in [3.8, 4) is 12.3 Å². The first kappa shape index (κ1) is 11.7. The van der Waals surface area contributed by atoms with Gasteiger partial charge in [-0.2, -0.15) is 5.10 Å². The van der Waals surface area contributed by atoms with E-state index in [-0.39, 0.29) is 11.9 Å². The molecule has 1 aliphatic heterocycles. The molecule has 0 radical (unpaired) electrons. The number of hydrogen-bond acceptors (Lipinski definition) is 3. The lowest BCUT2D eigenvalue weighted by Crippen LogP contribution is -2.39. The molecule has 0 aromatic carbocycles. The lowest BCUT2D eigenvalue weighted by molar-refractivity contribution is -0.121. The van der Waals surface area contributed by atoms with Gasteiger partial charge in [-0.1, -0.05) is 5.92 Å². The molecule has 1 amide bonds. The van der Waals surface area contributed by atoms with Crippen LogP contribution in [0.15, 0.2) is 12.4 Å². The summed E-state index contributed by atoms with van der Waals surface area (Å²) in [7, 11) is 3.72. The van der Waals surface area contributed by atoms with Gasteiger partial charge in [0, 0.05) is 19.8 Å². The molecule has 1 atom stereocenters. The van der Waals surface area contributed by atoms with E-state index in [0.717, 1.165) is 18.7 Å². The molecule has 1 saturated heterocycles. The van der Waals surface area contributed by atoms with Crippen molar-refractivity contribution in [2.24, 2.45) is 7.05 Å². The van der Waals surface area contributed by atoms with Crippen LogP contribution in [-0.4, -0.2) is 46.8 Å². The number of carbonyl (C=O) groups is 1. The molecule has 0 bridgehead atoms. The van der Waals surface area contributed by atoms with Gasteiger partial charge in [0.05, 0.1) is 24.5 Å². The second-order valence-electron chi connectivity index (χ2n) is 4.29. The van der Waals surface area contributed by atoms with Gasteiger partial charge in [0.1, 0.15) is 0 Å². The molecule has 0 aliphatic carbocycles. The van der Waals surface area contributed by atoms with Gasteiger partial charge < -0.3 is 4.90 Å². The number of aryl methyl sites for hydroxylation is 1. The van der Waals surface area contributed by atoms with E-state index in [4.69, 9.17) is 6.42 Å². The largest absolute Gasteiger partial charge is 0.308 e. The number of amides is 1. The summed E-state index contributed by atoms with van der Waals surface area (Å²) in [5.41, 5.74) is 0.856. The Morgan fingerprint density at radius 2 is 2.47 bits per heavy atom. The summed E-state index contributed by atoms with van der Waals surface area (Å²) < 4.78 is 1.70. The van der Waals surface area contributed by atoms with Crippen LogP contribution >= 0.6 is 0 Å². The van der Waals surface area contributed by atoms with Gasteiger partial charge in [-0.15, -0.1) is 6.42 Å². The lowest BCUT2D eigenvalue weighted by atomic mass is 10.2. The Bertz CT molecular complexity index is 459. The van der Waals surface area contributed by atoms with Crippen LogP contribution in [-0.2, 0) is 11.8 Å². The minimum atomic E-state index is -0.105. The topological polar surface area (TPSA) is 41.4 Å². The maximum absolute atomic E-state index is 12.2. The zero-order valence-corrected chi connectivity index (χ0v) is 10.1. The Morgan fingerprint density at radius 3 is 3.06 bits per heavy atom. The molecule has 1 aliphatic rings. The highest BCUT2D eigenvalue weighted by Crippen LogP contribution is 2.22. The maximum atomic E-state index is 12.2. The highest BCUT2D eigenvalue weighted by Gasteiger charge is 2.35. The van der Waals surface area contributed by atoms with Crippen LogP contribution in [0.2, 0.25) is 0 Å². The fraction of sp³-hybridized carbons (Fsp3) is 0.500. The SMILES string of the molecule is C#CCN(C)[C@@H]1CCN(c2cnn(C)c2)C1=O. The Hall–Kier alpha value is -1.80. The van der Waals surface area contributed by atoms with Crippen molar-refractivity contribution in [3.63, 3.8) is 0 Å². The lowest BCUT2D eigenvalue weighted by Gasteiger charge is -2.20. The van der Waals surface area contributed by atoms with Gasteiger partial charge in [0.25, 0.3) is 0 Å². The molecule has 5 nitrogen and oxygen atoms in total. The Morgan fingerprint density at radius 1 is 1.71 bits per heavy atom. The molecule has 0 unspecified atom stereocenters. The Balaban J connectivity index is 2.10. The van der Waals surface area contributed by atoms with Crippen LogP contribution < -0.4 is 4.90 Å². The molecule has 1 fully saturated rings. The van der Waals surface area contributed by atoms with Gasteiger partial charge in [-0.25, -0.2) is 0 Å². The Labute approximate surface area is 101 Å². The minimum absolute atomic E-state index is 0.105. The number of aromatic nitrogens is 2. The molecule has 0 spiro atoms. The molecule has 0 N–H and O–H groups in total. The molecule has 5 heteroatoms. The zero-order valence-electron chi connectivity index (χ0n) is 10.1. The van der Waals surface area contributed by atoms with Gasteiger partial charge in [0.15, 0.2) is 0 Å². The fourth-order valence-electron chi connectivity index (χ4n) is 2.13. The first-order valence-corrected chi connectivity index (χ1v) is 5.57. The number of carbonyl (C=O) groups excluding carboxylic acids is 1. The molecule has 0 saturated carbocycles. The minimum Gasteiger partial charge on any atom is -0.308 e. The fourth-order valence-corrected chi connectivity index (χ4v) is 2.13. The van der Waals surface area contributed by atoms with E-state index in [1.165, 1.54) is 0 Å². The smallest absolute Gasteiger partial charge is 0.244 e. The third kappa shape index (κ3) is 2.17. The highest BCUT2D eigenvalue weighted by molar-refractivity contribution is 5.99. The van der Waals surface area contributed by atoms with Crippen molar-refractivity contribution in [1.82, 2.24) is 14.7 Å². The van der Waals surface area contributed by atoms with Crippen LogP contribution in [0.5, 0.6) is 0 Å². The third-order valence-corrected chi connectivity index (χ3v) is 3.05. The van der Waals surface area contributed by atoms with Crippen molar-refractivity contribution in [2.45, 2.75) is 12.5 Å². The summed E-state index contributed by atoms with van der Waals surface area (Å²) >= 11 is 0. The van der Waals surface area contributed by atoms with Crippen LogP contribution in [0.1, 0.15) is 6.42 Å². The van der Waals surface area contributed by atoms with Gasteiger partial charge >= 0.3 is 0 Å². The van der Waals surface area contributed by atoms with E-state index < -0.39 is 0 Å². The molecule has 1 aromatic heterocycles. The number of nitrogens with zero attached hydrogens (tertiary/aromatic N) is 4. The van der Waals surface area contributed by atoms with Gasteiger partial charge in [-0.3, -0.25) is 14.4 Å². The number of likely N-dealkylation sites (N-methyl/N-ethyl adjacent to an activating group) is 1. The molecular formula is C12H16N4O. The monoisotopic (exact) mass is 232 g/mol. The Kier molecular flexibility index (Phi) is 3.16. The van der Waals surface area contributed by atoms with Crippen molar-refractivity contribution in [1.29, 1.82) is 0 Å². The predicted octanol–water partition coefficient (Wildman–Crippen LogP) is 0.0904. The number of anilines is 1. The summed E-state index contributed by atoms with van der Waals surface area (Å²) in [4.78, 5) is 15.9. The van der Waals surface area contributed by atoms with Gasteiger partial charge in [-0.05, 0) is 13.5 Å². The summed E-state index contributed by atoms with van der Waals surface area (Å²) in [6.45, 7) is 1.22.